The van der Waals surface area contributed by atoms with E-state index in [2.05, 4.69) is 15.6 Å². The van der Waals surface area contributed by atoms with E-state index in [1.165, 1.54) is 4.90 Å². The molecule has 1 fully saturated rings. The Labute approximate surface area is 187 Å². The summed E-state index contributed by atoms with van der Waals surface area (Å²) in [4.78, 5) is 42.8. The lowest BCUT2D eigenvalue weighted by atomic mass is 9.84. The van der Waals surface area contributed by atoms with Crippen LogP contribution in [0.5, 0.6) is 0 Å². The molecule has 1 aromatic heterocycles. The minimum Gasteiger partial charge on any atom is -0.337 e. The van der Waals surface area contributed by atoms with Gasteiger partial charge in [0.05, 0.1) is 11.2 Å². The van der Waals surface area contributed by atoms with E-state index >= 15 is 0 Å². The molecule has 1 saturated carbocycles. The number of para-hydroxylation sites is 1. The highest BCUT2D eigenvalue weighted by Crippen LogP contribution is 2.28. The van der Waals surface area contributed by atoms with Crippen molar-refractivity contribution in [3.63, 3.8) is 0 Å². The quantitative estimate of drug-likeness (QED) is 0.352. The zero-order chi connectivity index (χ0) is 23.1. The van der Waals surface area contributed by atoms with E-state index in [1.807, 2.05) is 38.1 Å². The summed E-state index contributed by atoms with van der Waals surface area (Å²) in [7, 11) is 0. The van der Waals surface area contributed by atoms with Crippen LogP contribution in [0, 0.1) is 11.3 Å². The molecule has 32 heavy (non-hydrogen) atoms. The summed E-state index contributed by atoms with van der Waals surface area (Å²) in [5.41, 5.74) is 2.38. The van der Waals surface area contributed by atoms with E-state index in [4.69, 9.17) is 5.21 Å². The Morgan fingerprint density at radius 2 is 1.94 bits per heavy atom. The van der Waals surface area contributed by atoms with Gasteiger partial charge in [-0.05, 0) is 36.3 Å². The van der Waals surface area contributed by atoms with Crippen molar-refractivity contribution >= 4 is 34.4 Å². The van der Waals surface area contributed by atoms with Crippen molar-refractivity contribution < 1.29 is 19.6 Å². The minimum absolute atomic E-state index is 0.161. The predicted molar refractivity (Wildman–Crippen MR) is 121 cm³/mol. The van der Waals surface area contributed by atoms with E-state index in [-0.39, 0.29) is 31.4 Å². The van der Waals surface area contributed by atoms with Gasteiger partial charge in [-0.2, -0.15) is 0 Å². The zero-order valence-electron chi connectivity index (χ0n) is 18.6. The Morgan fingerprint density at radius 3 is 2.62 bits per heavy atom. The summed E-state index contributed by atoms with van der Waals surface area (Å²) in [5, 5.41) is 15.4. The molecule has 1 aromatic carbocycles. The molecular weight excluding hydrogens is 410 g/mol. The van der Waals surface area contributed by atoms with E-state index in [0.717, 1.165) is 24.6 Å². The molecule has 1 heterocycles. The molecule has 3 rings (SSSR count). The fourth-order valence-electron chi connectivity index (χ4n) is 3.73. The smallest absolute Gasteiger partial charge is 0.319 e. The largest absolute Gasteiger partial charge is 0.337 e. The van der Waals surface area contributed by atoms with Gasteiger partial charge >= 0.3 is 6.03 Å². The molecule has 0 radical (unpaired) electrons. The number of amides is 4. The fraction of sp³-hybridized carbons (Fsp3) is 0.478. The third kappa shape index (κ3) is 6.40. The van der Waals surface area contributed by atoms with Crippen molar-refractivity contribution in [1.82, 2.24) is 20.7 Å². The van der Waals surface area contributed by atoms with Gasteiger partial charge < -0.3 is 15.5 Å². The third-order valence-corrected chi connectivity index (χ3v) is 5.75. The van der Waals surface area contributed by atoms with Gasteiger partial charge in [0.25, 0.3) is 5.91 Å². The second-order valence-corrected chi connectivity index (χ2v) is 9.14. The molecule has 9 heteroatoms. The summed E-state index contributed by atoms with van der Waals surface area (Å²) in [6.07, 6.45) is 5.05. The van der Waals surface area contributed by atoms with Crippen LogP contribution in [0.3, 0.4) is 0 Å². The molecule has 4 amide bonds. The average molecular weight is 442 g/mol. The van der Waals surface area contributed by atoms with Gasteiger partial charge in [0.15, 0.2) is 0 Å². The molecule has 2 aromatic rings. The van der Waals surface area contributed by atoms with Crippen LogP contribution in [-0.4, -0.2) is 52.6 Å². The second kappa shape index (κ2) is 10.4. The van der Waals surface area contributed by atoms with Crippen LogP contribution in [0.1, 0.15) is 39.5 Å². The van der Waals surface area contributed by atoms with Crippen LogP contribution in [-0.2, 0) is 9.59 Å². The van der Waals surface area contributed by atoms with Gasteiger partial charge in [0.2, 0.25) is 5.91 Å². The first-order valence-corrected chi connectivity index (χ1v) is 10.9. The highest BCUT2D eigenvalue weighted by atomic mass is 16.5. The number of carbonyl (C=O) groups excluding carboxylic acids is 3. The van der Waals surface area contributed by atoms with Gasteiger partial charge in [0, 0.05) is 31.1 Å². The summed E-state index contributed by atoms with van der Waals surface area (Å²) in [6, 6.07) is 8.94. The lowest BCUT2D eigenvalue weighted by Crippen LogP contribution is -2.46. The molecule has 0 saturated heterocycles. The Bertz CT molecular complexity index is 969. The number of hydroxylamine groups is 1. The first-order valence-electron chi connectivity index (χ1n) is 10.9. The number of anilines is 1. The predicted octanol–water partition coefficient (Wildman–Crippen LogP) is 2.91. The molecule has 1 aliphatic carbocycles. The first kappa shape index (κ1) is 23.5. The average Bonchev–Trinajstić information content (AvgIpc) is 2.73. The van der Waals surface area contributed by atoms with Crippen molar-refractivity contribution in [3.05, 3.63) is 36.5 Å². The van der Waals surface area contributed by atoms with Gasteiger partial charge in [-0.3, -0.25) is 19.8 Å². The molecule has 0 bridgehead atoms. The molecule has 172 valence electrons. The maximum Gasteiger partial charge on any atom is 0.319 e. The van der Waals surface area contributed by atoms with Crippen LogP contribution in [0.25, 0.3) is 10.9 Å². The van der Waals surface area contributed by atoms with Gasteiger partial charge in [-0.1, -0.05) is 38.5 Å². The Morgan fingerprint density at radius 1 is 1.19 bits per heavy atom. The highest BCUT2D eigenvalue weighted by molar-refractivity contribution is 5.99. The van der Waals surface area contributed by atoms with E-state index in [1.54, 1.807) is 17.7 Å². The first-order chi connectivity index (χ1) is 15.3. The third-order valence-electron chi connectivity index (χ3n) is 5.75. The van der Waals surface area contributed by atoms with Gasteiger partial charge in [-0.25, -0.2) is 10.3 Å². The minimum atomic E-state index is -0.614. The monoisotopic (exact) mass is 441 g/mol. The van der Waals surface area contributed by atoms with E-state index in [0.29, 0.717) is 23.7 Å². The summed E-state index contributed by atoms with van der Waals surface area (Å²) >= 11 is 0. The Kier molecular flexibility index (Phi) is 7.63. The number of urea groups is 1. The normalized spacial score (nSPS) is 13.8. The highest BCUT2D eigenvalue weighted by Gasteiger charge is 2.30. The number of hydrogen-bond acceptors (Lipinski definition) is 5. The van der Waals surface area contributed by atoms with Crippen LogP contribution >= 0.6 is 0 Å². The molecule has 0 aliphatic heterocycles. The van der Waals surface area contributed by atoms with Crippen molar-refractivity contribution in [1.29, 1.82) is 0 Å². The number of fused-ring (bicyclic) bond motifs is 1. The van der Waals surface area contributed by atoms with Crippen LogP contribution in [0.2, 0.25) is 0 Å². The molecule has 0 unspecified atom stereocenters. The van der Waals surface area contributed by atoms with Crippen LogP contribution in [0.4, 0.5) is 10.5 Å². The van der Waals surface area contributed by atoms with Crippen LogP contribution in [0.15, 0.2) is 36.5 Å². The molecule has 4 N–H and O–H groups in total. The van der Waals surface area contributed by atoms with Crippen molar-refractivity contribution in [3.8, 4) is 0 Å². The Balaban J connectivity index is 1.55. The maximum absolute atomic E-state index is 12.9. The summed E-state index contributed by atoms with van der Waals surface area (Å²) in [6.45, 7) is 4.37. The van der Waals surface area contributed by atoms with Crippen molar-refractivity contribution in [2.45, 2.75) is 39.5 Å². The van der Waals surface area contributed by atoms with Crippen molar-refractivity contribution in [2.24, 2.45) is 11.3 Å². The number of pyridine rings is 1. The van der Waals surface area contributed by atoms with E-state index < -0.39 is 11.3 Å². The molecule has 1 aliphatic rings. The number of carbonyl (C=O) groups is 3. The second-order valence-electron chi connectivity index (χ2n) is 9.14. The standard InChI is InChI=1S/C23H31N5O4/c1-23(2,12-20(30)28(14-19(29)27-32)13-16-6-3-7-16)15-25-22(31)26-18-10-4-8-17-9-5-11-24-21(17)18/h4-5,8-11,16,32H,3,6-7,12-15H2,1-2H3,(H,27,29)(H2,25,26,31). The summed E-state index contributed by atoms with van der Waals surface area (Å²) < 4.78 is 0. The number of benzene rings is 1. The number of nitrogens with zero attached hydrogens (tertiary/aromatic N) is 2. The van der Waals surface area contributed by atoms with Gasteiger partial charge in [0.1, 0.15) is 6.54 Å². The fourth-order valence-corrected chi connectivity index (χ4v) is 3.73. The number of rotatable bonds is 9. The topological polar surface area (TPSA) is 124 Å². The van der Waals surface area contributed by atoms with Gasteiger partial charge in [-0.15, -0.1) is 0 Å². The summed E-state index contributed by atoms with van der Waals surface area (Å²) in [5.74, 6) is -0.394. The van der Waals surface area contributed by atoms with E-state index in [9.17, 15) is 14.4 Å². The lowest BCUT2D eigenvalue weighted by molar-refractivity contribution is -0.141. The van der Waals surface area contributed by atoms with Crippen molar-refractivity contribution in [2.75, 3.05) is 25.0 Å². The number of nitrogens with one attached hydrogen (secondary N) is 3. The Hall–Kier alpha value is -3.20. The maximum atomic E-state index is 12.9. The number of hydrogen-bond donors (Lipinski definition) is 4. The van der Waals surface area contributed by atoms with Crippen LogP contribution < -0.4 is 16.1 Å². The molecule has 0 atom stereocenters. The zero-order valence-corrected chi connectivity index (χ0v) is 18.6. The molecule has 0 spiro atoms. The lowest BCUT2D eigenvalue weighted by Gasteiger charge is -2.34. The number of aromatic nitrogens is 1. The molecular formula is C23H31N5O4. The SMILES string of the molecule is CC(C)(CNC(=O)Nc1cccc2cccnc12)CC(=O)N(CC(=O)NO)CC1CCC1. The molecule has 9 nitrogen and oxygen atoms in total.